The van der Waals surface area contributed by atoms with E-state index in [1.54, 1.807) is 0 Å². The second kappa shape index (κ2) is 6.38. The van der Waals surface area contributed by atoms with Crippen molar-refractivity contribution >= 4 is 33.2 Å². The van der Waals surface area contributed by atoms with E-state index in [-0.39, 0.29) is 12.5 Å². The lowest BCUT2D eigenvalue weighted by atomic mass is 10.2. The lowest BCUT2D eigenvalue weighted by Crippen LogP contribution is -2.22. The zero-order chi connectivity index (χ0) is 13.7. The predicted octanol–water partition coefficient (Wildman–Crippen LogP) is 3.81. The number of carbonyl (C=O) groups excluding carboxylic acids is 1. The van der Waals surface area contributed by atoms with Gasteiger partial charge in [-0.15, -0.1) is 0 Å². The van der Waals surface area contributed by atoms with Gasteiger partial charge in [-0.1, -0.05) is 40.2 Å². The molecule has 0 fully saturated rings. The molecule has 0 saturated heterocycles. The molecule has 1 amide bonds. The molecule has 2 N–H and O–H groups in total. The van der Waals surface area contributed by atoms with Crippen molar-refractivity contribution < 1.29 is 4.79 Å². The maximum absolute atomic E-state index is 11.9. The third-order valence-electron chi connectivity index (χ3n) is 2.70. The van der Waals surface area contributed by atoms with Crippen molar-refractivity contribution in [3.8, 4) is 0 Å². The molecule has 2 aromatic carbocycles. The van der Waals surface area contributed by atoms with Gasteiger partial charge in [-0.2, -0.15) is 0 Å². The standard InChI is InChI=1S/C15H15BrN2O/c1-11-7-8-12(16)9-14(11)18-15(19)10-17-13-5-3-2-4-6-13/h2-9,17H,10H2,1H3,(H,18,19). The molecule has 0 aromatic heterocycles. The fourth-order valence-corrected chi connectivity index (χ4v) is 2.02. The van der Waals surface area contributed by atoms with Crippen LogP contribution in [0.5, 0.6) is 0 Å². The summed E-state index contributed by atoms with van der Waals surface area (Å²) in [6, 6.07) is 15.5. The van der Waals surface area contributed by atoms with E-state index < -0.39 is 0 Å². The van der Waals surface area contributed by atoms with Gasteiger partial charge < -0.3 is 10.6 Å². The second-order valence-corrected chi connectivity index (χ2v) is 5.14. The Kier molecular flexibility index (Phi) is 4.58. The number of halogens is 1. The SMILES string of the molecule is Cc1ccc(Br)cc1NC(=O)CNc1ccccc1. The Morgan fingerprint density at radius 2 is 1.89 bits per heavy atom. The highest BCUT2D eigenvalue weighted by atomic mass is 79.9. The average molecular weight is 319 g/mol. The number of amides is 1. The van der Waals surface area contributed by atoms with Gasteiger partial charge in [0, 0.05) is 15.8 Å². The van der Waals surface area contributed by atoms with Gasteiger partial charge in [0.25, 0.3) is 0 Å². The molecule has 0 unspecified atom stereocenters. The van der Waals surface area contributed by atoms with Gasteiger partial charge >= 0.3 is 0 Å². The minimum Gasteiger partial charge on any atom is -0.376 e. The minimum atomic E-state index is -0.0648. The summed E-state index contributed by atoms with van der Waals surface area (Å²) >= 11 is 3.40. The number of hydrogen-bond donors (Lipinski definition) is 2. The monoisotopic (exact) mass is 318 g/mol. The number of rotatable bonds is 4. The maximum Gasteiger partial charge on any atom is 0.243 e. The van der Waals surface area contributed by atoms with E-state index in [1.807, 2.05) is 55.5 Å². The summed E-state index contributed by atoms with van der Waals surface area (Å²) in [5, 5.41) is 5.96. The molecule has 2 rings (SSSR count). The highest BCUT2D eigenvalue weighted by Gasteiger charge is 2.05. The number of benzene rings is 2. The number of carbonyl (C=O) groups is 1. The van der Waals surface area contributed by atoms with Crippen molar-refractivity contribution in [2.45, 2.75) is 6.92 Å². The van der Waals surface area contributed by atoms with E-state index in [1.165, 1.54) is 0 Å². The molecule has 4 heteroatoms. The summed E-state index contributed by atoms with van der Waals surface area (Å²) in [5.74, 6) is -0.0648. The molecule has 0 radical (unpaired) electrons. The first-order valence-electron chi connectivity index (χ1n) is 6.00. The largest absolute Gasteiger partial charge is 0.376 e. The highest BCUT2D eigenvalue weighted by molar-refractivity contribution is 9.10. The number of para-hydroxylation sites is 1. The molecule has 0 bridgehead atoms. The van der Waals surface area contributed by atoms with Crippen molar-refractivity contribution in [1.29, 1.82) is 0 Å². The van der Waals surface area contributed by atoms with Crippen LogP contribution in [0.4, 0.5) is 11.4 Å². The van der Waals surface area contributed by atoms with Crippen LogP contribution in [-0.4, -0.2) is 12.5 Å². The van der Waals surface area contributed by atoms with Crippen LogP contribution >= 0.6 is 15.9 Å². The molecule has 3 nitrogen and oxygen atoms in total. The van der Waals surface area contributed by atoms with E-state index in [0.717, 1.165) is 21.4 Å². The molecule has 0 aliphatic heterocycles. The number of hydrogen-bond acceptors (Lipinski definition) is 2. The maximum atomic E-state index is 11.9. The highest BCUT2D eigenvalue weighted by Crippen LogP contribution is 2.20. The van der Waals surface area contributed by atoms with Gasteiger partial charge in [-0.05, 0) is 36.8 Å². The first-order valence-corrected chi connectivity index (χ1v) is 6.79. The van der Waals surface area contributed by atoms with Crippen LogP contribution in [0.2, 0.25) is 0 Å². The summed E-state index contributed by atoms with van der Waals surface area (Å²) in [4.78, 5) is 11.9. The summed E-state index contributed by atoms with van der Waals surface area (Å²) in [5.41, 5.74) is 2.80. The van der Waals surface area contributed by atoms with Crippen LogP contribution in [0.15, 0.2) is 53.0 Å². The van der Waals surface area contributed by atoms with Gasteiger partial charge in [-0.3, -0.25) is 4.79 Å². The van der Waals surface area contributed by atoms with Crippen molar-refractivity contribution in [3.63, 3.8) is 0 Å². The van der Waals surface area contributed by atoms with Crippen LogP contribution in [0.1, 0.15) is 5.56 Å². The van der Waals surface area contributed by atoms with Gasteiger partial charge in [0.15, 0.2) is 0 Å². The van der Waals surface area contributed by atoms with Gasteiger partial charge in [0.2, 0.25) is 5.91 Å². The zero-order valence-corrected chi connectivity index (χ0v) is 12.2. The smallest absolute Gasteiger partial charge is 0.243 e. The fourth-order valence-electron chi connectivity index (χ4n) is 1.66. The first-order chi connectivity index (χ1) is 9.15. The molecule has 2 aromatic rings. The third kappa shape index (κ3) is 4.10. The van der Waals surface area contributed by atoms with Crippen LogP contribution in [-0.2, 0) is 4.79 Å². The van der Waals surface area contributed by atoms with Crippen LogP contribution < -0.4 is 10.6 Å². The lowest BCUT2D eigenvalue weighted by molar-refractivity contribution is -0.114. The number of aryl methyl sites for hydroxylation is 1. The third-order valence-corrected chi connectivity index (χ3v) is 3.19. The summed E-state index contributed by atoms with van der Waals surface area (Å²) in [6.07, 6.45) is 0. The van der Waals surface area contributed by atoms with E-state index >= 15 is 0 Å². The van der Waals surface area contributed by atoms with E-state index in [0.29, 0.717) is 0 Å². The normalized spacial score (nSPS) is 10.0. The molecule has 0 aliphatic carbocycles. The van der Waals surface area contributed by atoms with Crippen LogP contribution in [0.25, 0.3) is 0 Å². The van der Waals surface area contributed by atoms with Gasteiger partial charge in [0.05, 0.1) is 6.54 Å². The summed E-state index contributed by atoms with van der Waals surface area (Å²) < 4.78 is 0.949. The molecular formula is C15H15BrN2O. The molecule has 0 heterocycles. The Bertz CT molecular complexity index is 570. The van der Waals surface area contributed by atoms with Gasteiger partial charge in [-0.25, -0.2) is 0 Å². The van der Waals surface area contributed by atoms with Crippen LogP contribution in [0, 0.1) is 6.92 Å². The Morgan fingerprint density at radius 3 is 2.63 bits per heavy atom. The summed E-state index contributed by atoms with van der Waals surface area (Å²) in [6.45, 7) is 2.21. The second-order valence-electron chi connectivity index (χ2n) is 4.23. The van der Waals surface area contributed by atoms with Crippen molar-refractivity contribution in [1.82, 2.24) is 0 Å². The molecule has 19 heavy (non-hydrogen) atoms. The van der Waals surface area contributed by atoms with Crippen molar-refractivity contribution in [3.05, 3.63) is 58.6 Å². The average Bonchev–Trinajstić information content (AvgIpc) is 2.42. The van der Waals surface area contributed by atoms with E-state index in [4.69, 9.17) is 0 Å². The molecular weight excluding hydrogens is 304 g/mol. The van der Waals surface area contributed by atoms with Crippen molar-refractivity contribution in [2.75, 3.05) is 17.2 Å². The Hall–Kier alpha value is -1.81. The molecule has 98 valence electrons. The first kappa shape index (κ1) is 13.6. The topological polar surface area (TPSA) is 41.1 Å². The minimum absolute atomic E-state index is 0.0648. The number of anilines is 2. The Balaban J connectivity index is 1.93. The number of nitrogens with one attached hydrogen (secondary N) is 2. The Morgan fingerprint density at radius 1 is 1.16 bits per heavy atom. The quantitative estimate of drug-likeness (QED) is 0.900. The van der Waals surface area contributed by atoms with Gasteiger partial charge in [0.1, 0.15) is 0 Å². The van der Waals surface area contributed by atoms with Crippen LogP contribution in [0.3, 0.4) is 0 Å². The van der Waals surface area contributed by atoms with E-state index in [2.05, 4.69) is 26.6 Å². The molecule has 0 spiro atoms. The van der Waals surface area contributed by atoms with Crippen molar-refractivity contribution in [2.24, 2.45) is 0 Å². The predicted molar refractivity (Wildman–Crippen MR) is 82.4 cm³/mol. The summed E-state index contributed by atoms with van der Waals surface area (Å²) in [7, 11) is 0. The Labute approximate surface area is 121 Å². The van der Waals surface area contributed by atoms with E-state index in [9.17, 15) is 4.79 Å². The lowest BCUT2D eigenvalue weighted by Gasteiger charge is -2.10. The molecule has 0 atom stereocenters. The zero-order valence-electron chi connectivity index (χ0n) is 10.6. The fraction of sp³-hybridized carbons (Fsp3) is 0.133. The molecule has 0 aliphatic rings. The molecule has 0 saturated carbocycles.